The second-order valence-electron chi connectivity index (χ2n) is 6.26. The van der Waals surface area contributed by atoms with Gasteiger partial charge in [0, 0.05) is 16.1 Å². The van der Waals surface area contributed by atoms with E-state index in [4.69, 9.17) is 16.0 Å². The van der Waals surface area contributed by atoms with Crippen molar-refractivity contribution in [2.75, 3.05) is 6.54 Å². The average Bonchev–Trinajstić information content (AvgIpc) is 3.21. The van der Waals surface area contributed by atoms with Gasteiger partial charge in [0.2, 0.25) is 0 Å². The van der Waals surface area contributed by atoms with Gasteiger partial charge >= 0.3 is 6.18 Å². The third-order valence-corrected chi connectivity index (χ3v) is 4.25. The highest BCUT2D eigenvalue weighted by molar-refractivity contribution is 6.30. The van der Waals surface area contributed by atoms with Gasteiger partial charge in [-0.25, -0.2) is 5.43 Å². The Kier molecular flexibility index (Phi) is 6.76. The molecule has 3 aromatic rings. The molecule has 160 valence electrons. The molecular formula is C21H15ClF3N3O3. The molecule has 2 amide bonds. The molecule has 3 rings (SSSR count). The second kappa shape index (κ2) is 9.48. The third kappa shape index (κ3) is 6.19. The van der Waals surface area contributed by atoms with Crippen LogP contribution in [0, 0.1) is 0 Å². The first-order valence-corrected chi connectivity index (χ1v) is 9.23. The van der Waals surface area contributed by atoms with E-state index >= 15 is 0 Å². The minimum absolute atomic E-state index is 0.217. The van der Waals surface area contributed by atoms with E-state index in [2.05, 4.69) is 15.8 Å². The van der Waals surface area contributed by atoms with Crippen molar-refractivity contribution in [3.63, 3.8) is 0 Å². The molecule has 0 spiro atoms. The summed E-state index contributed by atoms with van der Waals surface area (Å²) in [5.74, 6) is -0.595. The SMILES string of the molecule is O=C(CNC(=O)c1ccc(Cl)cc1)N/N=C/c1ccc(-c2cccc(C(F)(F)F)c2)o1. The van der Waals surface area contributed by atoms with E-state index in [-0.39, 0.29) is 23.6 Å². The summed E-state index contributed by atoms with van der Waals surface area (Å²) < 4.78 is 43.9. The number of carbonyl (C=O) groups is 2. The predicted molar refractivity (Wildman–Crippen MR) is 109 cm³/mol. The van der Waals surface area contributed by atoms with Gasteiger partial charge in [0.1, 0.15) is 11.5 Å². The lowest BCUT2D eigenvalue weighted by Crippen LogP contribution is -2.34. The number of rotatable bonds is 6. The van der Waals surface area contributed by atoms with Gasteiger partial charge in [-0.3, -0.25) is 9.59 Å². The van der Waals surface area contributed by atoms with Crippen LogP contribution < -0.4 is 10.7 Å². The van der Waals surface area contributed by atoms with E-state index in [1.807, 2.05) is 0 Å². The number of halogens is 4. The number of hydrogen-bond acceptors (Lipinski definition) is 4. The van der Waals surface area contributed by atoms with Crippen molar-refractivity contribution in [1.29, 1.82) is 0 Å². The van der Waals surface area contributed by atoms with Crippen molar-refractivity contribution in [1.82, 2.24) is 10.7 Å². The number of nitrogens with one attached hydrogen (secondary N) is 2. The molecular weight excluding hydrogens is 435 g/mol. The molecule has 0 unspecified atom stereocenters. The van der Waals surface area contributed by atoms with Gasteiger partial charge in [-0.15, -0.1) is 0 Å². The van der Waals surface area contributed by atoms with Gasteiger partial charge < -0.3 is 9.73 Å². The molecule has 10 heteroatoms. The van der Waals surface area contributed by atoms with Crippen LogP contribution in [0.25, 0.3) is 11.3 Å². The smallest absolute Gasteiger partial charge is 0.416 e. The normalized spacial score (nSPS) is 11.5. The number of carbonyl (C=O) groups excluding carboxylic acids is 2. The predicted octanol–water partition coefficient (Wildman–Crippen LogP) is 4.50. The minimum Gasteiger partial charge on any atom is -0.455 e. The van der Waals surface area contributed by atoms with E-state index in [9.17, 15) is 22.8 Å². The topological polar surface area (TPSA) is 83.7 Å². The van der Waals surface area contributed by atoms with Crippen LogP contribution in [0.15, 0.2) is 70.2 Å². The fourth-order valence-electron chi connectivity index (χ4n) is 2.50. The summed E-state index contributed by atoms with van der Waals surface area (Å²) in [7, 11) is 0. The standard InChI is InChI=1S/C21H15ClF3N3O3/c22-16-6-4-13(5-7-16)20(30)26-12-19(29)28-27-11-17-8-9-18(31-17)14-2-1-3-15(10-14)21(23,24)25/h1-11H,12H2,(H,26,30)(H,28,29)/b27-11+. The van der Waals surface area contributed by atoms with Gasteiger partial charge in [0.25, 0.3) is 11.8 Å². The Hall–Kier alpha value is -3.59. The Morgan fingerprint density at radius 3 is 2.52 bits per heavy atom. The van der Waals surface area contributed by atoms with Crippen molar-refractivity contribution in [2.45, 2.75) is 6.18 Å². The first-order chi connectivity index (χ1) is 14.7. The van der Waals surface area contributed by atoms with E-state index < -0.39 is 23.6 Å². The number of amides is 2. The monoisotopic (exact) mass is 449 g/mol. The van der Waals surface area contributed by atoms with Gasteiger partial charge in [0.15, 0.2) is 0 Å². The molecule has 0 aliphatic rings. The van der Waals surface area contributed by atoms with Crippen LogP contribution in [-0.2, 0) is 11.0 Å². The highest BCUT2D eigenvalue weighted by atomic mass is 35.5. The Bertz CT molecular complexity index is 1110. The summed E-state index contributed by atoms with van der Waals surface area (Å²) in [5, 5.41) is 6.61. The molecule has 2 aromatic carbocycles. The lowest BCUT2D eigenvalue weighted by atomic mass is 10.1. The van der Waals surface area contributed by atoms with Gasteiger partial charge in [-0.1, -0.05) is 23.7 Å². The maximum absolute atomic E-state index is 12.8. The summed E-state index contributed by atoms with van der Waals surface area (Å²) in [6.45, 7) is -0.313. The fraction of sp³-hybridized carbons (Fsp3) is 0.0952. The summed E-state index contributed by atoms with van der Waals surface area (Å²) in [6, 6.07) is 13.8. The summed E-state index contributed by atoms with van der Waals surface area (Å²) in [6.07, 6.45) is -3.27. The first kappa shape index (κ1) is 22.1. The van der Waals surface area contributed by atoms with Crippen LogP contribution in [0.5, 0.6) is 0 Å². The van der Waals surface area contributed by atoms with Crippen LogP contribution >= 0.6 is 11.6 Å². The molecule has 1 aromatic heterocycles. The molecule has 0 saturated heterocycles. The zero-order valence-corrected chi connectivity index (χ0v) is 16.5. The molecule has 31 heavy (non-hydrogen) atoms. The van der Waals surface area contributed by atoms with Crippen LogP contribution in [0.2, 0.25) is 5.02 Å². The number of furan rings is 1. The molecule has 0 atom stereocenters. The molecule has 2 N–H and O–H groups in total. The minimum atomic E-state index is -4.46. The van der Waals surface area contributed by atoms with Crippen molar-refractivity contribution in [2.24, 2.45) is 5.10 Å². The quantitative estimate of drug-likeness (QED) is 0.429. The fourth-order valence-corrected chi connectivity index (χ4v) is 2.62. The summed E-state index contributed by atoms with van der Waals surface area (Å²) in [5.41, 5.74) is 2.02. The third-order valence-electron chi connectivity index (χ3n) is 4.00. The van der Waals surface area contributed by atoms with Crippen molar-refractivity contribution < 1.29 is 27.2 Å². The zero-order chi connectivity index (χ0) is 22.4. The second-order valence-corrected chi connectivity index (χ2v) is 6.70. The van der Waals surface area contributed by atoms with E-state index in [0.29, 0.717) is 10.6 Å². The Balaban J connectivity index is 1.52. The Morgan fingerprint density at radius 2 is 1.81 bits per heavy atom. The number of benzene rings is 2. The number of alkyl halides is 3. The van der Waals surface area contributed by atoms with E-state index in [1.165, 1.54) is 42.6 Å². The Morgan fingerprint density at radius 1 is 1.06 bits per heavy atom. The maximum Gasteiger partial charge on any atom is 0.416 e. The molecule has 0 fully saturated rings. The van der Waals surface area contributed by atoms with Crippen LogP contribution in [0.1, 0.15) is 21.7 Å². The van der Waals surface area contributed by atoms with E-state index in [1.54, 1.807) is 12.1 Å². The molecule has 0 aliphatic heterocycles. The van der Waals surface area contributed by atoms with Crippen molar-refractivity contribution >= 4 is 29.6 Å². The van der Waals surface area contributed by atoms with Gasteiger partial charge in [0.05, 0.1) is 18.3 Å². The van der Waals surface area contributed by atoms with Crippen LogP contribution in [-0.4, -0.2) is 24.6 Å². The average molecular weight is 450 g/mol. The summed E-state index contributed by atoms with van der Waals surface area (Å²) >= 11 is 5.75. The zero-order valence-electron chi connectivity index (χ0n) is 15.7. The van der Waals surface area contributed by atoms with Crippen LogP contribution in [0.4, 0.5) is 13.2 Å². The molecule has 6 nitrogen and oxygen atoms in total. The lowest BCUT2D eigenvalue weighted by molar-refractivity contribution is -0.137. The summed E-state index contributed by atoms with van der Waals surface area (Å²) in [4.78, 5) is 23.7. The molecule has 0 saturated carbocycles. The molecule has 0 aliphatic carbocycles. The molecule has 0 bridgehead atoms. The van der Waals surface area contributed by atoms with E-state index in [0.717, 1.165) is 12.1 Å². The van der Waals surface area contributed by atoms with Crippen molar-refractivity contribution in [3.05, 3.63) is 82.6 Å². The maximum atomic E-state index is 12.8. The molecule has 0 radical (unpaired) electrons. The number of nitrogens with zero attached hydrogens (tertiary/aromatic N) is 1. The van der Waals surface area contributed by atoms with Crippen molar-refractivity contribution in [3.8, 4) is 11.3 Å². The first-order valence-electron chi connectivity index (χ1n) is 8.85. The Labute approximate surface area is 179 Å². The lowest BCUT2D eigenvalue weighted by Gasteiger charge is -2.07. The van der Waals surface area contributed by atoms with Gasteiger partial charge in [-0.2, -0.15) is 18.3 Å². The highest BCUT2D eigenvalue weighted by Gasteiger charge is 2.30. The van der Waals surface area contributed by atoms with Crippen LogP contribution in [0.3, 0.4) is 0 Å². The largest absolute Gasteiger partial charge is 0.455 e. The number of hydrazone groups is 1. The number of hydrogen-bond donors (Lipinski definition) is 2. The molecule has 1 heterocycles. The van der Waals surface area contributed by atoms with Gasteiger partial charge in [-0.05, 0) is 48.5 Å². The highest BCUT2D eigenvalue weighted by Crippen LogP contribution is 2.32.